The fourth-order valence-corrected chi connectivity index (χ4v) is 6.41. The van der Waals surface area contributed by atoms with Gasteiger partial charge in [0.05, 0.1) is 34.9 Å². The highest BCUT2D eigenvalue weighted by molar-refractivity contribution is 7.00. The Hall–Kier alpha value is -5.77. The molecule has 0 spiro atoms. The highest BCUT2D eigenvalue weighted by Crippen LogP contribution is 2.46. The van der Waals surface area contributed by atoms with E-state index in [9.17, 15) is 15.8 Å². The summed E-state index contributed by atoms with van der Waals surface area (Å²) < 4.78 is 0. The van der Waals surface area contributed by atoms with Gasteiger partial charge in [0.1, 0.15) is 0 Å². The van der Waals surface area contributed by atoms with Crippen molar-refractivity contribution in [3.63, 3.8) is 0 Å². The summed E-state index contributed by atoms with van der Waals surface area (Å²) in [5, 5.41) is 29.6. The number of nitrogens with zero attached hydrogens (tertiary/aromatic N) is 5. The van der Waals surface area contributed by atoms with E-state index in [1.165, 1.54) is 0 Å². The monoisotopic (exact) mass is 551 g/mol. The van der Waals surface area contributed by atoms with E-state index in [-0.39, 0.29) is 12.1 Å². The summed E-state index contributed by atoms with van der Waals surface area (Å²) in [5.74, 6) is 0. The Balaban J connectivity index is 1.65. The van der Waals surface area contributed by atoms with Gasteiger partial charge < -0.3 is 9.80 Å². The van der Waals surface area contributed by atoms with Crippen LogP contribution in [-0.4, -0.2) is 6.71 Å². The van der Waals surface area contributed by atoms with Crippen LogP contribution in [0.5, 0.6) is 0 Å². The third-order valence-corrected chi connectivity index (χ3v) is 8.44. The molecule has 0 aromatic heterocycles. The van der Waals surface area contributed by atoms with Gasteiger partial charge in [-0.2, -0.15) is 15.8 Å². The molecule has 6 heteroatoms. The molecule has 0 bridgehead atoms. The zero-order valence-electron chi connectivity index (χ0n) is 24.1. The van der Waals surface area contributed by atoms with Crippen molar-refractivity contribution >= 4 is 57.2 Å². The molecule has 0 saturated carbocycles. The predicted octanol–water partition coefficient (Wildman–Crippen LogP) is 6.68. The molecule has 2 aliphatic heterocycles. The van der Waals surface area contributed by atoms with Gasteiger partial charge in [-0.15, -0.1) is 0 Å². The van der Waals surface area contributed by atoms with E-state index in [2.05, 4.69) is 85.2 Å². The van der Waals surface area contributed by atoms with Crippen molar-refractivity contribution in [3.8, 4) is 18.2 Å². The quantitative estimate of drug-likeness (QED) is 0.224. The van der Waals surface area contributed by atoms with Crippen molar-refractivity contribution in [2.24, 2.45) is 0 Å². The smallest absolute Gasteiger partial charge is 0.252 e. The van der Waals surface area contributed by atoms with Crippen LogP contribution < -0.4 is 26.2 Å². The predicted molar refractivity (Wildman–Crippen MR) is 173 cm³/mol. The Kier molecular flexibility index (Phi) is 5.88. The second-order valence-electron chi connectivity index (χ2n) is 12.1. The first kappa shape index (κ1) is 26.2. The van der Waals surface area contributed by atoms with E-state index < -0.39 is 0 Å². The maximum Gasteiger partial charge on any atom is 0.252 e. The van der Waals surface area contributed by atoms with Crippen LogP contribution in [0.25, 0.3) is 0 Å². The molecule has 0 fully saturated rings. The van der Waals surface area contributed by atoms with E-state index in [0.717, 1.165) is 56.1 Å². The largest absolute Gasteiger partial charge is 0.311 e. The Bertz CT molecular complexity index is 2070. The van der Waals surface area contributed by atoms with E-state index in [1.54, 1.807) is 0 Å². The van der Waals surface area contributed by atoms with Crippen LogP contribution in [0, 0.1) is 34.0 Å². The summed E-state index contributed by atoms with van der Waals surface area (Å²) in [6.45, 7) is 6.50. The lowest BCUT2D eigenvalue weighted by Gasteiger charge is -2.45. The second kappa shape index (κ2) is 9.66. The molecule has 5 nitrogen and oxygen atoms in total. The number of hydrogen-bond donors (Lipinski definition) is 0. The van der Waals surface area contributed by atoms with E-state index >= 15 is 0 Å². The lowest BCUT2D eigenvalue weighted by molar-refractivity contribution is 0.590. The van der Waals surface area contributed by atoms with Gasteiger partial charge in [0.15, 0.2) is 0 Å². The van der Waals surface area contributed by atoms with Gasteiger partial charge in [0.25, 0.3) is 6.71 Å². The minimum Gasteiger partial charge on any atom is -0.311 e. The molecular weight excluding hydrogens is 525 g/mol. The van der Waals surface area contributed by atoms with Crippen LogP contribution in [0.3, 0.4) is 0 Å². The molecule has 0 aliphatic carbocycles. The topological polar surface area (TPSA) is 77.8 Å². The van der Waals surface area contributed by atoms with Gasteiger partial charge in [-0.25, -0.2) is 0 Å². The normalized spacial score (nSPS) is 12.8. The van der Waals surface area contributed by atoms with E-state index in [1.807, 2.05) is 66.7 Å². The molecule has 2 heterocycles. The Morgan fingerprint density at radius 2 is 1.05 bits per heavy atom. The lowest BCUT2D eigenvalue weighted by Crippen LogP contribution is -2.61. The van der Waals surface area contributed by atoms with Crippen LogP contribution in [-0.2, 0) is 5.41 Å². The Morgan fingerprint density at radius 1 is 0.535 bits per heavy atom. The fraction of sp³-hybridized carbons (Fsp3) is 0.108. The number of hydrogen-bond acceptors (Lipinski definition) is 5. The van der Waals surface area contributed by atoms with Crippen molar-refractivity contribution in [3.05, 3.63) is 125 Å². The Morgan fingerprint density at radius 3 is 1.58 bits per heavy atom. The standard InChI is InChI=1S/C37H26BN5/c1-37(2,3)27-19-34-36-35(20-27)43(29-11-7-8-24(16-29)21-39)33-18-26(23-41)13-15-31(33)38(36)30-14-12-25(22-40)17-32(30)42(34)28-9-5-4-6-10-28/h4-20H,1-3H3. The van der Waals surface area contributed by atoms with E-state index in [4.69, 9.17) is 0 Å². The van der Waals surface area contributed by atoms with Gasteiger partial charge in [-0.1, -0.05) is 57.2 Å². The number of para-hydroxylation sites is 1. The molecule has 0 radical (unpaired) electrons. The maximum absolute atomic E-state index is 9.93. The third-order valence-electron chi connectivity index (χ3n) is 8.44. The minimum absolute atomic E-state index is 0.125. The number of benzene rings is 5. The average molecular weight is 551 g/mol. The van der Waals surface area contributed by atoms with Crippen LogP contribution in [0.15, 0.2) is 103 Å². The summed E-state index contributed by atoms with van der Waals surface area (Å²) in [4.78, 5) is 4.48. The fourth-order valence-electron chi connectivity index (χ4n) is 6.41. The van der Waals surface area contributed by atoms with Gasteiger partial charge in [-0.05, 0) is 94.1 Å². The van der Waals surface area contributed by atoms with Gasteiger partial charge in [0, 0.05) is 34.1 Å². The van der Waals surface area contributed by atoms with Crippen LogP contribution in [0.4, 0.5) is 34.1 Å². The summed E-state index contributed by atoms with van der Waals surface area (Å²) in [5.41, 5.74) is 11.8. The van der Waals surface area contributed by atoms with Crippen LogP contribution in [0.2, 0.25) is 0 Å². The first-order valence-electron chi connectivity index (χ1n) is 14.2. The van der Waals surface area contributed by atoms with Crippen molar-refractivity contribution < 1.29 is 0 Å². The van der Waals surface area contributed by atoms with Gasteiger partial charge in [-0.3, -0.25) is 0 Å². The third kappa shape index (κ3) is 4.06. The van der Waals surface area contributed by atoms with Crippen LogP contribution in [0.1, 0.15) is 43.0 Å². The molecule has 0 unspecified atom stereocenters. The summed E-state index contributed by atoms with van der Waals surface area (Å²) in [7, 11) is 0. The highest BCUT2D eigenvalue weighted by atomic mass is 15.2. The SMILES string of the molecule is CC(C)(C)c1cc2c3c(c1)N(c1cccc(C#N)c1)c1cc(C#N)ccc1B3c1ccc(C#N)cc1N2c1ccccc1. The van der Waals surface area contributed by atoms with Crippen molar-refractivity contribution in [1.29, 1.82) is 15.8 Å². The number of nitriles is 3. The molecule has 0 atom stereocenters. The summed E-state index contributed by atoms with van der Waals surface area (Å²) >= 11 is 0. The molecule has 202 valence electrons. The van der Waals surface area contributed by atoms with Crippen molar-refractivity contribution in [2.75, 3.05) is 9.80 Å². The number of anilines is 6. The first-order chi connectivity index (χ1) is 20.8. The minimum atomic E-state index is -0.173. The average Bonchev–Trinajstić information content (AvgIpc) is 3.03. The Labute approximate surface area is 252 Å². The van der Waals surface area contributed by atoms with Crippen molar-refractivity contribution in [1.82, 2.24) is 0 Å². The molecule has 5 aromatic rings. The molecule has 2 aliphatic rings. The molecule has 0 saturated heterocycles. The number of rotatable bonds is 2. The van der Waals surface area contributed by atoms with Gasteiger partial charge in [0.2, 0.25) is 0 Å². The second-order valence-corrected chi connectivity index (χ2v) is 12.1. The van der Waals surface area contributed by atoms with Gasteiger partial charge >= 0.3 is 0 Å². The molecule has 43 heavy (non-hydrogen) atoms. The zero-order chi connectivity index (χ0) is 29.9. The summed E-state index contributed by atoms with van der Waals surface area (Å²) in [6, 6.07) is 41.3. The molecule has 7 rings (SSSR count). The molecule has 0 N–H and O–H groups in total. The number of fused-ring (bicyclic) bond motifs is 4. The molecular formula is C37H26BN5. The van der Waals surface area contributed by atoms with Crippen LogP contribution >= 0.6 is 0 Å². The zero-order valence-corrected chi connectivity index (χ0v) is 24.1. The first-order valence-corrected chi connectivity index (χ1v) is 14.2. The van der Waals surface area contributed by atoms with E-state index in [0.29, 0.717) is 16.7 Å². The summed E-state index contributed by atoms with van der Waals surface area (Å²) in [6.07, 6.45) is 0. The maximum atomic E-state index is 9.93. The lowest BCUT2D eigenvalue weighted by atomic mass is 9.33. The molecule has 5 aromatic carbocycles. The van der Waals surface area contributed by atoms with Crippen molar-refractivity contribution in [2.45, 2.75) is 26.2 Å². The molecule has 0 amide bonds. The highest BCUT2D eigenvalue weighted by Gasteiger charge is 2.44.